The molecule has 2 amide bonds. The first-order valence-electron chi connectivity index (χ1n) is 5.72. The fourth-order valence-electron chi connectivity index (χ4n) is 2.08. The summed E-state index contributed by atoms with van der Waals surface area (Å²) in [5.74, 6) is 0.339. The van der Waals surface area contributed by atoms with Crippen LogP contribution in [0.2, 0.25) is 0 Å². The van der Waals surface area contributed by atoms with Gasteiger partial charge >= 0.3 is 6.03 Å². The summed E-state index contributed by atoms with van der Waals surface area (Å²) in [5.41, 5.74) is 0. The van der Waals surface area contributed by atoms with E-state index in [1.165, 1.54) is 19.3 Å². The second kappa shape index (κ2) is 6.28. The molecule has 0 aromatic carbocycles. The molecule has 15 heavy (non-hydrogen) atoms. The molecule has 0 aliphatic heterocycles. The highest BCUT2D eigenvalue weighted by molar-refractivity contribution is 5.74. The minimum Gasteiger partial charge on any atom is -0.338 e. The van der Waals surface area contributed by atoms with Crippen LogP contribution in [0.25, 0.3) is 0 Å². The number of amides is 2. The summed E-state index contributed by atoms with van der Waals surface area (Å²) < 4.78 is 0. The Hall–Kier alpha value is -1.24. The van der Waals surface area contributed by atoms with Crippen LogP contribution in [0.1, 0.15) is 39.0 Å². The number of urea groups is 1. The Labute approximate surface area is 91.0 Å². The maximum absolute atomic E-state index is 11.3. The first-order valence-corrected chi connectivity index (χ1v) is 5.72. The Kier molecular flexibility index (Phi) is 4.96. The van der Waals surface area contributed by atoms with Crippen LogP contribution in [0.4, 0.5) is 4.79 Å². The van der Waals surface area contributed by atoms with E-state index >= 15 is 0 Å². The van der Waals surface area contributed by atoms with Gasteiger partial charge in [-0.25, -0.2) is 4.79 Å². The number of nitrogens with zero attached hydrogens (tertiary/aromatic N) is 1. The van der Waals surface area contributed by atoms with Crippen molar-refractivity contribution in [3.05, 3.63) is 0 Å². The van der Waals surface area contributed by atoms with Crippen molar-refractivity contribution in [2.24, 2.45) is 5.92 Å². The number of hydrogen-bond donors (Lipinski definition) is 2. The van der Waals surface area contributed by atoms with Crippen molar-refractivity contribution >= 4 is 6.03 Å². The average Bonchev–Trinajstić information content (AvgIpc) is 2.27. The molecule has 1 fully saturated rings. The van der Waals surface area contributed by atoms with Crippen LogP contribution in [-0.2, 0) is 0 Å². The molecular weight excluding hydrogens is 190 g/mol. The van der Waals surface area contributed by atoms with Gasteiger partial charge in [0.1, 0.15) is 6.04 Å². The van der Waals surface area contributed by atoms with Crippen LogP contribution >= 0.6 is 0 Å². The van der Waals surface area contributed by atoms with Crippen LogP contribution in [-0.4, -0.2) is 18.6 Å². The van der Waals surface area contributed by atoms with Crippen LogP contribution in [0.5, 0.6) is 0 Å². The first-order chi connectivity index (χ1) is 7.27. The molecule has 84 valence electrons. The van der Waals surface area contributed by atoms with E-state index in [-0.39, 0.29) is 12.1 Å². The van der Waals surface area contributed by atoms with Gasteiger partial charge in [0.2, 0.25) is 0 Å². The van der Waals surface area contributed by atoms with Gasteiger partial charge in [0.15, 0.2) is 0 Å². The monoisotopic (exact) mass is 209 g/mol. The van der Waals surface area contributed by atoms with Crippen LogP contribution in [0.15, 0.2) is 0 Å². The molecule has 1 rings (SSSR count). The highest BCUT2D eigenvalue weighted by Gasteiger charge is 2.24. The number of carbonyl (C=O) groups excluding carboxylic acids is 1. The Morgan fingerprint density at radius 3 is 2.67 bits per heavy atom. The second-order valence-corrected chi connectivity index (χ2v) is 4.01. The van der Waals surface area contributed by atoms with Crippen LogP contribution < -0.4 is 10.6 Å². The zero-order valence-electron chi connectivity index (χ0n) is 9.25. The third-order valence-electron chi connectivity index (χ3n) is 2.88. The minimum atomic E-state index is -0.322. The molecule has 0 spiro atoms. The lowest BCUT2D eigenvalue weighted by molar-refractivity contribution is 0.230. The van der Waals surface area contributed by atoms with E-state index in [4.69, 9.17) is 5.26 Å². The SMILES string of the molecule is CCNC(=O)NC(C#N)C1CCCCC1. The van der Waals surface area contributed by atoms with Crippen molar-refractivity contribution in [3.8, 4) is 6.07 Å². The van der Waals surface area contributed by atoms with E-state index in [2.05, 4.69) is 16.7 Å². The Morgan fingerprint density at radius 1 is 1.47 bits per heavy atom. The molecule has 0 radical (unpaired) electrons. The summed E-state index contributed by atoms with van der Waals surface area (Å²) in [7, 11) is 0. The normalized spacial score (nSPS) is 18.9. The predicted molar refractivity (Wildman–Crippen MR) is 58.2 cm³/mol. The zero-order valence-corrected chi connectivity index (χ0v) is 9.25. The lowest BCUT2D eigenvalue weighted by atomic mass is 9.84. The standard InChI is InChI=1S/C11H19N3O/c1-2-13-11(15)14-10(8-12)9-6-4-3-5-7-9/h9-10H,2-7H2,1H3,(H2,13,14,15). The van der Waals surface area contributed by atoms with Crippen molar-refractivity contribution in [3.63, 3.8) is 0 Å². The van der Waals surface area contributed by atoms with Gasteiger partial charge in [-0.15, -0.1) is 0 Å². The zero-order chi connectivity index (χ0) is 11.1. The van der Waals surface area contributed by atoms with Crippen molar-refractivity contribution in [1.82, 2.24) is 10.6 Å². The molecule has 1 aliphatic carbocycles. The maximum atomic E-state index is 11.3. The van der Waals surface area contributed by atoms with Gasteiger partial charge < -0.3 is 10.6 Å². The molecule has 0 aromatic heterocycles. The molecule has 0 bridgehead atoms. The van der Waals surface area contributed by atoms with Crippen LogP contribution in [0, 0.1) is 17.2 Å². The lowest BCUT2D eigenvalue weighted by Crippen LogP contribution is -2.45. The molecular formula is C11H19N3O. The molecule has 2 N–H and O–H groups in total. The second-order valence-electron chi connectivity index (χ2n) is 4.01. The quantitative estimate of drug-likeness (QED) is 0.744. The fraction of sp³-hybridized carbons (Fsp3) is 0.818. The van der Waals surface area contributed by atoms with E-state index in [1.807, 2.05) is 6.92 Å². The minimum absolute atomic E-state index is 0.227. The summed E-state index contributed by atoms with van der Waals surface area (Å²) in [5, 5.41) is 14.4. The van der Waals surface area contributed by atoms with Gasteiger partial charge in [-0.3, -0.25) is 0 Å². The van der Waals surface area contributed by atoms with Gasteiger partial charge in [-0.1, -0.05) is 19.3 Å². The average molecular weight is 209 g/mol. The van der Waals surface area contributed by atoms with Crippen molar-refractivity contribution in [1.29, 1.82) is 5.26 Å². The molecule has 1 saturated carbocycles. The molecule has 4 nitrogen and oxygen atoms in total. The molecule has 1 unspecified atom stereocenters. The molecule has 0 heterocycles. The summed E-state index contributed by atoms with van der Waals surface area (Å²) in [6.07, 6.45) is 5.74. The van der Waals surface area contributed by atoms with Gasteiger partial charge in [0, 0.05) is 6.54 Å². The number of hydrogen-bond acceptors (Lipinski definition) is 2. The highest BCUT2D eigenvalue weighted by atomic mass is 16.2. The first kappa shape index (κ1) is 11.8. The summed E-state index contributed by atoms with van der Waals surface area (Å²) in [4.78, 5) is 11.3. The van der Waals surface area contributed by atoms with E-state index in [0.717, 1.165) is 12.8 Å². The summed E-state index contributed by atoms with van der Waals surface area (Å²) >= 11 is 0. The molecule has 4 heteroatoms. The Morgan fingerprint density at radius 2 is 2.13 bits per heavy atom. The van der Waals surface area contributed by atoms with Gasteiger partial charge in [0.25, 0.3) is 0 Å². The van der Waals surface area contributed by atoms with Crippen molar-refractivity contribution in [2.75, 3.05) is 6.54 Å². The number of nitrogens with one attached hydrogen (secondary N) is 2. The Balaban J connectivity index is 2.41. The summed E-state index contributed by atoms with van der Waals surface area (Å²) in [6.45, 7) is 2.45. The third kappa shape index (κ3) is 3.78. The van der Waals surface area contributed by atoms with Gasteiger partial charge in [0.05, 0.1) is 6.07 Å². The lowest BCUT2D eigenvalue weighted by Gasteiger charge is -2.26. The van der Waals surface area contributed by atoms with E-state index in [9.17, 15) is 4.79 Å². The van der Waals surface area contributed by atoms with E-state index < -0.39 is 0 Å². The van der Waals surface area contributed by atoms with Crippen molar-refractivity contribution < 1.29 is 4.79 Å². The summed E-state index contributed by atoms with van der Waals surface area (Å²) in [6, 6.07) is 1.64. The van der Waals surface area contributed by atoms with Crippen LogP contribution in [0.3, 0.4) is 0 Å². The number of nitriles is 1. The van der Waals surface area contributed by atoms with E-state index in [1.54, 1.807) is 0 Å². The maximum Gasteiger partial charge on any atom is 0.315 e. The highest BCUT2D eigenvalue weighted by Crippen LogP contribution is 2.26. The molecule has 0 aromatic rings. The number of rotatable bonds is 3. The van der Waals surface area contributed by atoms with Gasteiger partial charge in [-0.05, 0) is 25.7 Å². The predicted octanol–water partition coefficient (Wildman–Crippen LogP) is 1.78. The molecule has 1 aliphatic rings. The third-order valence-corrected chi connectivity index (χ3v) is 2.88. The molecule has 0 saturated heterocycles. The fourth-order valence-corrected chi connectivity index (χ4v) is 2.08. The number of carbonyl (C=O) groups is 1. The topological polar surface area (TPSA) is 64.9 Å². The smallest absolute Gasteiger partial charge is 0.315 e. The largest absolute Gasteiger partial charge is 0.338 e. The van der Waals surface area contributed by atoms with Gasteiger partial charge in [-0.2, -0.15) is 5.26 Å². The van der Waals surface area contributed by atoms with Crippen molar-refractivity contribution in [2.45, 2.75) is 45.1 Å². The molecule has 1 atom stereocenters. The van der Waals surface area contributed by atoms with E-state index in [0.29, 0.717) is 12.5 Å². The Bertz CT molecular complexity index is 241.